The third-order valence-corrected chi connectivity index (χ3v) is 3.86. The summed E-state index contributed by atoms with van der Waals surface area (Å²) in [6, 6.07) is 10.8. The minimum atomic E-state index is -0.666. The maximum atomic E-state index is 11.8. The number of aromatic nitrogens is 1. The Morgan fingerprint density at radius 2 is 2.19 bits per heavy atom. The molecule has 2 rings (SSSR count). The first-order chi connectivity index (χ1) is 12.6. The Hall–Kier alpha value is -2.85. The van der Waals surface area contributed by atoms with Crippen molar-refractivity contribution < 1.29 is 19.0 Å². The number of hydrogen-bond acceptors (Lipinski definition) is 6. The summed E-state index contributed by atoms with van der Waals surface area (Å²) in [4.78, 5) is 16.0. The van der Waals surface area contributed by atoms with Crippen LogP contribution in [0.1, 0.15) is 18.2 Å². The average Bonchev–Trinajstić information content (AvgIpc) is 2.65. The highest BCUT2D eigenvalue weighted by atomic mass is 79.9. The Morgan fingerprint density at radius 1 is 1.38 bits per heavy atom. The summed E-state index contributed by atoms with van der Waals surface area (Å²) in [5.41, 5.74) is 1.28. The summed E-state index contributed by atoms with van der Waals surface area (Å²) in [6.07, 6.45) is 3.13. The largest absolute Gasteiger partial charge is 0.493 e. The van der Waals surface area contributed by atoms with Crippen LogP contribution in [0.4, 0.5) is 0 Å². The quantitative estimate of drug-likeness (QED) is 0.386. The number of ether oxygens (including phenoxy) is 3. The van der Waals surface area contributed by atoms with Crippen molar-refractivity contribution in [3.05, 3.63) is 57.8 Å². The second-order valence-electron chi connectivity index (χ2n) is 5.03. The van der Waals surface area contributed by atoms with Crippen LogP contribution in [0.2, 0.25) is 0 Å². The van der Waals surface area contributed by atoms with Crippen LogP contribution in [0, 0.1) is 11.3 Å². The maximum absolute atomic E-state index is 11.8. The van der Waals surface area contributed by atoms with Crippen molar-refractivity contribution in [1.82, 2.24) is 4.98 Å². The standard InChI is InChI=1S/C19H17BrN2O4/c1-3-25-19(23)14(11-21)8-13-9-16(20)18(17(10-13)24-2)26-12-15-6-4-5-7-22-15/h4-10H,3,12H2,1-2H3/b14-8+. The Balaban J connectivity index is 2.28. The topological polar surface area (TPSA) is 81.4 Å². The molecule has 1 aromatic heterocycles. The molecule has 2 aromatic rings. The maximum Gasteiger partial charge on any atom is 0.348 e. The van der Waals surface area contributed by atoms with Gasteiger partial charge < -0.3 is 14.2 Å². The molecule has 134 valence electrons. The first-order valence-electron chi connectivity index (χ1n) is 7.78. The molecule has 26 heavy (non-hydrogen) atoms. The number of esters is 1. The molecule has 1 aromatic carbocycles. The number of halogens is 1. The van der Waals surface area contributed by atoms with Gasteiger partial charge in [-0.3, -0.25) is 4.98 Å². The molecule has 0 aliphatic heterocycles. The molecule has 1 heterocycles. The molecular weight excluding hydrogens is 400 g/mol. The summed E-state index contributed by atoms with van der Waals surface area (Å²) < 4.78 is 16.7. The lowest BCUT2D eigenvalue weighted by Crippen LogP contribution is -2.06. The molecule has 6 nitrogen and oxygen atoms in total. The highest BCUT2D eigenvalue weighted by molar-refractivity contribution is 9.10. The van der Waals surface area contributed by atoms with Gasteiger partial charge in [0.05, 0.1) is 23.9 Å². The van der Waals surface area contributed by atoms with E-state index < -0.39 is 5.97 Å². The SMILES string of the molecule is CCOC(=O)/C(C#N)=C/c1cc(Br)c(OCc2ccccn2)c(OC)c1. The number of rotatable bonds is 7. The number of pyridine rings is 1. The highest BCUT2D eigenvalue weighted by Crippen LogP contribution is 2.37. The van der Waals surface area contributed by atoms with E-state index in [9.17, 15) is 4.79 Å². The lowest BCUT2D eigenvalue weighted by molar-refractivity contribution is -0.137. The van der Waals surface area contributed by atoms with Crippen LogP contribution in [-0.2, 0) is 16.1 Å². The predicted molar refractivity (Wildman–Crippen MR) is 99.5 cm³/mol. The molecule has 0 saturated heterocycles. The number of nitrogens with zero attached hydrogens (tertiary/aromatic N) is 2. The second-order valence-corrected chi connectivity index (χ2v) is 5.89. The van der Waals surface area contributed by atoms with E-state index in [1.165, 1.54) is 13.2 Å². The smallest absolute Gasteiger partial charge is 0.348 e. The lowest BCUT2D eigenvalue weighted by atomic mass is 10.1. The zero-order valence-electron chi connectivity index (χ0n) is 14.4. The molecular formula is C19H17BrN2O4. The first-order valence-corrected chi connectivity index (χ1v) is 8.57. The van der Waals surface area contributed by atoms with Gasteiger partial charge in [-0.05, 0) is 58.8 Å². The normalized spacial score (nSPS) is 10.8. The molecule has 0 atom stereocenters. The summed E-state index contributed by atoms with van der Waals surface area (Å²) in [5.74, 6) is 0.299. The number of nitriles is 1. The van der Waals surface area contributed by atoms with E-state index in [-0.39, 0.29) is 18.8 Å². The average molecular weight is 417 g/mol. The van der Waals surface area contributed by atoms with E-state index in [0.29, 0.717) is 21.5 Å². The van der Waals surface area contributed by atoms with E-state index in [2.05, 4.69) is 20.9 Å². The van der Waals surface area contributed by atoms with Gasteiger partial charge in [-0.1, -0.05) is 6.07 Å². The summed E-state index contributed by atoms with van der Waals surface area (Å²) >= 11 is 3.44. The van der Waals surface area contributed by atoms with Crippen molar-refractivity contribution in [3.63, 3.8) is 0 Å². The zero-order valence-corrected chi connectivity index (χ0v) is 15.9. The van der Waals surface area contributed by atoms with Gasteiger partial charge in [0.25, 0.3) is 0 Å². The molecule has 0 N–H and O–H groups in total. The fraction of sp³-hybridized carbons (Fsp3) is 0.211. The zero-order chi connectivity index (χ0) is 18.9. The van der Waals surface area contributed by atoms with Crippen molar-refractivity contribution >= 4 is 28.0 Å². The van der Waals surface area contributed by atoms with E-state index in [1.807, 2.05) is 24.3 Å². The summed E-state index contributed by atoms with van der Waals surface area (Å²) in [5, 5.41) is 9.15. The van der Waals surface area contributed by atoms with Gasteiger partial charge in [0.15, 0.2) is 11.5 Å². The van der Waals surface area contributed by atoms with Gasteiger partial charge in [0, 0.05) is 6.20 Å². The minimum Gasteiger partial charge on any atom is -0.493 e. The van der Waals surface area contributed by atoms with Crippen molar-refractivity contribution in [2.45, 2.75) is 13.5 Å². The number of benzene rings is 1. The minimum absolute atomic E-state index is 0.0945. The van der Waals surface area contributed by atoms with Gasteiger partial charge in [-0.25, -0.2) is 4.79 Å². The Bertz CT molecular complexity index is 845. The molecule has 7 heteroatoms. The van der Waals surface area contributed by atoms with Crippen LogP contribution in [-0.4, -0.2) is 24.7 Å². The number of hydrogen-bond donors (Lipinski definition) is 0. The molecule has 0 aliphatic rings. The predicted octanol–water partition coefficient (Wildman–Crippen LogP) is 3.90. The molecule has 0 spiro atoms. The van der Waals surface area contributed by atoms with Crippen LogP contribution < -0.4 is 9.47 Å². The van der Waals surface area contributed by atoms with Gasteiger partial charge >= 0.3 is 5.97 Å². The summed E-state index contributed by atoms with van der Waals surface area (Å²) in [6.45, 7) is 2.16. The van der Waals surface area contributed by atoms with E-state index in [1.54, 1.807) is 25.3 Å². The second kappa shape index (κ2) is 9.59. The third kappa shape index (κ3) is 5.07. The third-order valence-electron chi connectivity index (χ3n) is 3.27. The van der Waals surface area contributed by atoms with Crippen molar-refractivity contribution in [2.24, 2.45) is 0 Å². The number of carbonyl (C=O) groups excluding carboxylic acids is 1. The highest BCUT2D eigenvalue weighted by Gasteiger charge is 2.14. The molecule has 0 saturated carbocycles. The van der Waals surface area contributed by atoms with Crippen LogP contribution in [0.3, 0.4) is 0 Å². The van der Waals surface area contributed by atoms with Gasteiger partial charge in [0.1, 0.15) is 18.2 Å². The fourth-order valence-corrected chi connectivity index (χ4v) is 2.68. The Kier molecular flexibility index (Phi) is 7.18. The molecule has 0 radical (unpaired) electrons. The fourth-order valence-electron chi connectivity index (χ4n) is 2.11. The van der Waals surface area contributed by atoms with E-state index >= 15 is 0 Å². The van der Waals surface area contributed by atoms with Crippen molar-refractivity contribution in [1.29, 1.82) is 5.26 Å². The lowest BCUT2D eigenvalue weighted by Gasteiger charge is -2.13. The van der Waals surface area contributed by atoms with Crippen molar-refractivity contribution in [2.75, 3.05) is 13.7 Å². The van der Waals surface area contributed by atoms with Crippen LogP contribution in [0.15, 0.2) is 46.6 Å². The number of methoxy groups -OCH3 is 1. The van der Waals surface area contributed by atoms with Crippen LogP contribution in [0.25, 0.3) is 6.08 Å². The van der Waals surface area contributed by atoms with E-state index in [0.717, 1.165) is 5.69 Å². The Labute approximate surface area is 160 Å². The van der Waals surface area contributed by atoms with Crippen molar-refractivity contribution in [3.8, 4) is 17.6 Å². The van der Waals surface area contributed by atoms with Crippen LogP contribution in [0.5, 0.6) is 11.5 Å². The molecule has 0 amide bonds. The Morgan fingerprint density at radius 3 is 2.81 bits per heavy atom. The summed E-state index contributed by atoms with van der Waals surface area (Å²) in [7, 11) is 1.51. The first kappa shape index (κ1) is 19.5. The number of carbonyl (C=O) groups is 1. The van der Waals surface area contributed by atoms with Crippen LogP contribution >= 0.6 is 15.9 Å². The molecule has 0 unspecified atom stereocenters. The van der Waals surface area contributed by atoms with E-state index in [4.69, 9.17) is 19.5 Å². The molecule has 0 bridgehead atoms. The molecule has 0 fully saturated rings. The molecule has 0 aliphatic carbocycles. The van der Waals surface area contributed by atoms with Gasteiger partial charge in [-0.15, -0.1) is 0 Å². The van der Waals surface area contributed by atoms with Gasteiger partial charge in [0.2, 0.25) is 0 Å². The van der Waals surface area contributed by atoms with Gasteiger partial charge in [-0.2, -0.15) is 5.26 Å². The monoisotopic (exact) mass is 416 g/mol.